The average molecular weight is 301 g/mol. The van der Waals surface area contributed by atoms with Crippen molar-refractivity contribution < 1.29 is 4.74 Å². The number of benzene rings is 3. The van der Waals surface area contributed by atoms with E-state index in [1.807, 2.05) is 24.3 Å². The summed E-state index contributed by atoms with van der Waals surface area (Å²) in [6.45, 7) is 6.50. The quantitative estimate of drug-likeness (QED) is 0.416. The molecule has 3 aromatic rings. The van der Waals surface area contributed by atoms with E-state index >= 15 is 0 Å². The maximum absolute atomic E-state index is 6.09. The largest absolute Gasteiger partial charge is 0.453 e. The fraction of sp³-hybridized carbons (Fsp3) is 0.143. The first-order valence-corrected chi connectivity index (χ1v) is 7.89. The maximum Gasteiger partial charge on any atom is 0.151 e. The normalized spacial score (nSPS) is 12.4. The first-order valence-electron chi connectivity index (χ1n) is 7.89. The highest BCUT2D eigenvalue weighted by molar-refractivity contribution is 5.88. The van der Waals surface area contributed by atoms with Gasteiger partial charge >= 0.3 is 0 Å². The molecule has 0 saturated carbocycles. The SMILES string of the molecule is Cc1cc(C)c(N2c3ccccc3Oc3ccccc32)c(C)c1. The Bertz CT molecular complexity index is 829. The van der Waals surface area contributed by atoms with E-state index in [2.05, 4.69) is 62.1 Å². The van der Waals surface area contributed by atoms with Gasteiger partial charge in [0.05, 0.1) is 17.1 Å². The average Bonchev–Trinajstić information content (AvgIpc) is 2.53. The molecule has 3 aromatic carbocycles. The third-order valence-corrected chi connectivity index (χ3v) is 4.29. The molecule has 0 fully saturated rings. The Morgan fingerprint density at radius 3 is 1.70 bits per heavy atom. The molecule has 0 saturated heterocycles. The van der Waals surface area contributed by atoms with Gasteiger partial charge in [-0.1, -0.05) is 42.0 Å². The molecule has 0 radical (unpaired) electrons. The Kier molecular flexibility index (Phi) is 3.12. The number of fused-ring (bicyclic) bond motifs is 2. The molecule has 0 unspecified atom stereocenters. The van der Waals surface area contributed by atoms with Gasteiger partial charge in [-0.3, -0.25) is 0 Å². The molecule has 2 heteroatoms. The van der Waals surface area contributed by atoms with Gasteiger partial charge in [-0.25, -0.2) is 0 Å². The highest BCUT2D eigenvalue weighted by Gasteiger charge is 2.27. The topological polar surface area (TPSA) is 12.5 Å². The minimum atomic E-state index is 0.894. The van der Waals surface area contributed by atoms with Crippen molar-refractivity contribution >= 4 is 17.1 Å². The van der Waals surface area contributed by atoms with Gasteiger partial charge in [0.25, 0.3) is 0 Å². The smallest absolute Gasteiger partial charge is 0.151 e. The molecule has 1 heterocycles. The Morgan fingerprint density at radius 2 is 1.17 bits per heavy atom. The Morgan fingerprint density at radius 1 is 0.696 bits per heavy atom. The molecule has 0 atom stereocenters. The third-order valence-electron chi connectivity index (χ3n) is 4.29. The number of rotatable bonds is 1. The molecule has 1 aliphatic rings. The number of ether oxygens (including phenoxy) is 1. The first kappa shape index (κ1) is 13.9. The molecule has 0 bridgehead atoms. The lowest BCUT2D eigenvalue weighted by Crippen LogP contribution is -2.17. The number of nitrogens with zero attached hydrogens (tertiary/aromatic N) is 1. The van der Waals surface area contributed by atoms with Crippen LogP contribution in [0.3, 0.4) is 0 Å². The van der Waals surface area contributed by atoms with Crippen LogP contribution in [0.15, 0.2) is 60.7 Å². The lowest BCUT2D eigenvalue weighted by atomic mass is 10.0. The number of anilines is 3. The Labute approximate surface area is 137 Å². The minimum Gasteiger partial charge on any atom is -0.453 e. The molecule has 0 aromatic heterocycles. The van der Waals surface area contributed by atoms with Crippen LogP contribution in [-0.2, 0) is 0 Å². The van der Waals surface area contributed by atoms with Crippen molar-refractivity contribution in [3.05, 3.63) is 77.4 Å². The van der Waals surface area contributed by atoms with Crippen LogP contribution >= 0.6 is 0 Å². The van der Waals surface area contributed by atoms with Crippen LogP contribution in [0.4, 0.5) is 17.1 Å². The summed E-state index contributed by atoms with van der Waals surface area (Å²) in [4.78, 5) is 2.32. The molecule has 2 nitrogen and oxygen atoms in total. The lowest BCUT2D eigenvalue weighted by Gasteiger charge is -2.34. The van der Waals surface area contributed by atoms with Gasteiger partial charge in [0, 0.05) is 0 Å². The van der Waals surface area contributed by atoms with Crippen molar-refractivity contribution in [2.75, 3.05) is 4.90 Å². The van der Waals surface area contributed by atoms with E-state index in [0.717, 1.165) is 22.9 Å². The predicted molar refractivity (Wildman–Crippen MR) is 95.4 cm³/mol. The van der Waals surface area contributed by atoms with Crippen LogP contribution in [0.5, 0.6) is 11.5 Å². The van der Waals surface area contributed by atoms with Crippen LogP contribution in [0.25, 0.3) is 0 Å². The fourth-order valence-electron chi connectivity index (χ4n) is 3.47. The molecule has 0 amide bonds. The highest BCUT2D eigenvalue weighted by Crippen LogP contribution is 2.51. The summed E-state index contributed by atoms with van der Waals surface area (Å²) in [6.07, 6.45) is 0. The Hall–Kier alpha value is -2.74. The highest BCUT2D eigenvalue weighted by atomic mass is 16.5. The van der Waals surface area contributed by atoms with Gasteiger partial charge in [-0.2, -0.15) is 0 Å². The number of aryl methyl sites for hydroxylation is 3. The molecule has 0 N–H and O–H groups in total. The van der Waals surface area contributed by atoms with E-state index in [1.165, 1.54) is 22.4 Å². The van der Waals surface area contributed by atoms with Crippen LogP contribution in [0.1, 0.15) is 16.7 Å². The van der Waals surface area contributed by atoms with Gasteiger partial charge in [-0.15, -0.1) is 0 Å². The molecular weight excluding hydrogens is 282 g/mol. The van der Waals surface area contributed by atoms with E-state index < -0.39 is 0 Å². The van der Waals surface area contributed by atoms with Crippen molar-refractivity contribution in [3.63, 3.8) is 0 Å². The van der Waals surface area contributed by atoms with Gasteiger partial charge in [0.1, 0.15) is 0 Å². The summed E-state index contributed by atoms with van der Waals surface area (Å²) in [7, 11) is 0. The van der Waals surface area contributed by atoms with Crippen LogP contribution in [-0.4, -0.2) is 0 Å². The second-order valence-electron chi connectivity index (χ2n) is 6.12. The van der Waals surface area contributed by atoms with E-state index in [1.54, 1.807) is 0 Å². The fourth-order valence-corrected chi connectivity index (χ4v) is 3.47. The third kappa shape index (κ3) is 2.18. The van der Waals surface area contributed by atoms with Crippen LogP contribution in [0, 0.1) is 20.8 Å². The second-order valence-corrected chi connectivity index (χ2v) is 6.12. The number of para-hydroxylation sites is 4. The Balaban J connectivity index is 2.02. The van der Waals surface area contributed by atoms with Crippen molar-refractivity contribution in [2.24, 2.45) is 0 Å². The zero-order valence-corrected chi connectivity index (χ0v) is 13.6. The molecule has 114 valence electrons. The van der Waals surface area contributed by atoms with Crippen molar-refractivity contribution in [1.29, 1.82) is 0 Å². The molecule has 0 aliphatic carbocycles. The second kappa shape index (κ2) is 5.17. The molecule has 4 rings (SSSR count). The molecular formula is C21H19NO. The van der Waals surface area contributed by atoms with Crippen LogP contribution < -0.4 is 9.64 Å². The number of hydrogen-bond donors (Lipinski definition) is 0. The molecule has 23 heavy (non-hydrogen) atoms. The van der Waals surface area contributed by atoms with Crippen molar-refractivity contribution in [1.82, 2.24) is 0 Å². The zero-order chi connectivity index (χ0) is 16.0. The predicted octanol–water partition coefficient (Wildman–Crippen LogP) is 6.19. The standard InChI is InChI=1S/C21H19NO/c1-14-12-15(2)21(16(3)13-14)22-17-8-4-6-10-19(17)23-20-11-7-5-9-18(20)22/h4-13H,1-3H3. The van der Waals surface area contributed by atoms with Gasteiger partial charge in [-0.05, 0) is 56.2 Å². The van der Waals surface area contributed by atoms with E-state index in [-0.39, 0.29) is 0 Å². The van der Waals surface area contributed by atoms with E-state index in [4.69, 9.17) is 4.74 Å². The van der Waals surface area contributed by atoms with Crippen LogP contribution in [0.2, 0.25) is 0 Å². The van der Waals surface area contributed by atoms with Gasteiger partial charge < -0.3 is 9.64 Å². The maximum atomic E-state index is 6.09. The number of hydrogen-bond acceptors (Lipinski definition) is 2. The van der Waals surface area contributed by atoms with Gasteiger partial charge in [0.15, 0.2) is 11.5 Å². The summed E-state index contributed by atoms with van der Waals surface area (Å²) in [5.74, 6) is 1.79. The summed E-state index contributed by atoms with van der Waals surface area (Å²) in [6, 6.07) is 20.9. The lowest BCUT2D eigenvalue weighted by molar-refractivity contribution is 0.477. The van der Waals surface area contributed by atoms with Crippen molar-refractivity contribution in [3.8, 4) is 11.5 Å². The zero-order valence-electron chi connectivity index (χ0n) is 13.6. The van der Waals surface area contributed by atoms with Gasteiger partial charge in [0.2, 0.25) is 0 Å². The molecule has 0 spiro atoms. The van der Waals surface area contributed by atoms with E-state index in [9.17, 15) is 0 Å². The summed E-state index contributed by atoms with van der Waals surface area (Å²) in [5, 5.41) is 0. The summed E-state index contributed by atoms with van der Waals surface area (Å²) >= 11 is 0. The summed E-state index contributed by atoms with van der Waals surface area (Å²) in [5.41, 5.74) is 7.24. The molecule has 1 aliphatic heterocycles. The monoisotopic (exact) mass is 301 g/mol. The first-order chi connectivity index (χ1) is 11.1. The summed E-state index contributed by atoms with van der Waals surface area (Å²) < 4.78 is 6.09. The van der Waals surface area contributed by atoms with Crippen molar-refractivity contribution in [2.45, 2.75) is 20.8 Å². The minimum absolute atomic E-state index is 0.894. The van der Waals surface area contributed by atoms with E-state index in [0.29, 0.717) is 0 Å².